The summed E-state index contributed by atoms with van der Waals surface area (Å²) < 4.78 is 25.5. The number of hydrogen-bond donors (Lipinski definition) is 3. The van der Waals surface area contributed by atoms with E-state index >= 15 is 0 Å². The zero-order chi connectivity index (χ0) is 11.9. The fraction of sp³-hybridized carbons (Fsp3) is 0.667. The highest BCUT2D eigenvalue weighted by atomic mass is 32.2. The number of aromatic amines is 1. The van der Waals surface area contributed by atoms with Gasteiger partial charge in [-0.25, -0.2) is 8.42 Å². The summed E-state index contributed by atoms with van der Waals surface area (Å²) in [6, 6.07) is 0. The first-order valence-corrected chi connectivity index (χ1v) is 6.99. The lowest BCUT2D eigenvalue weighted by atomic mass is 10.4. The van der Waals surface area contributed by atoms with E-state index in [2.05, 4.69) is 27.2 Å². The number of sulfonamides is 1. The molecular formula is C9H18N4O2S. The number of nitrogens with zero attached hydrogens (tertiary/aromatic N) is 1. The van der Waals surface area contributed by atoms with Gasteiger partial charge < -0.3 is 5.32 Å². The molecule has 1 heterocycles. The third-order valence-electron chi connectivity index (χ3n) is 1.96. The van der Waals surface area contributed by atoms with Crippen molar-refractivity contribution >= 4 is 15.7 Å². The first-order chi connectivity index (χ1) is 7.64. The monoisotopic (exact) mass is 246 g/mol. The van der Waals surface area contributed by atoms with Crippen LogP contribution in [0.4, 0.5) is 5.69 Å². The molecule has 0 fully saturated rings. The lowest BCUT2D eigenvalue weighted by molar-refractivity contribution is 0.593. The Morgan fingerprint density at radius 1 is 1.44 bits per heavy atom. The van der Waals surface area contributed by atoms with Gasteiger partial charge in [-0.15, -0.1) is 0 Å². The highest BCUT2D eigenvalue weighted by Crippen LogP contribution is 2.05. The van der Waals surface area contributed by atoms with Crippen LogP contribution < -0.4 is 10.0 Å². The third kappa shape index (κ3) is 5.13. The van der Waals surface area contributed by atoms with Crippen LogP contribution in [0.1, 0.15) is 19.8 Å². The molecule has 0 unspecified atom stereocenters. The molecule has 0 aromatic carbocycles. The van der Waals surface area contributed by atoms with E-state index in [1.165, 1.54) is 12.4 Å². The topological polar surface area (TPSA) is 86.9 Å². The van der Waals surface area contributed by atoms with Crippen molar-refractivity contribution in [2.24, 2.45) is 0 Å². The SMILES string of the molecule is CCCNCCCS(=O)(=O)Nc1cn[nH]c1. The van der Waals surface area contributed by atoms with Crippen molar-refractivity contribution < 1.29 is 8.42 Å². The van der Waals surface area contributed by atoms with Gasteiger partial charge in [-0.2, -0.15) is 5.10 Å². The van der Waals surface area contributed by atoms with Gasteiger partial charge in [0.25, 0.3) is 0 Å². The predicted octanol–water partition coefficient (Wildman–Crippen LogP) is 0.541. The van der Waals surface area contributed by atoms with E-state index in [0.717, 1.165) is 19.5 Å². The summed E-state index contributed by atoms with van der Waals surface area (Å²) in [5, 5.41) is 9.37. The normalized spacial score (nSPS) is 11.6. The van der Waals surface area contributed by atoms with Crippen molar-refractivity contribution in [3.63, 3.8) is 0 Å². The Labute approximate surface area is 95.9 Å². The molecule has 0 bridgehead atoms. The Morgan fingerprint density at radius 3 is 2.88 bits per heavy atom. The predicted molar refractivity (Wildman–Crippen MR) is 63.8 cm³/mol. The lowest BCUT2D eigenvalue weighted by Crippen LogP contribution is -2.22. The zero-order valence-electron chi connectivity index (χ0n) is 9.36. The minimum Gasteiger partial charge on any atom is -0.317 e. The largest absolute Gasteiger partial charge is 0.317 e. The first-order valence-electron chi connectivity index (χ1n) is 5.34. The highest BCUT2D eigenvalue weighted by molar-refractivity contribution is 7.92. The van der Waals surface area contributed by atoms with Crippen LogP contribution in [0.25, 0.3) is 0 Å². The van der Waals surface area contributed by atoms with Crippen molar-refractivity contribution in [2.75, 3.05) is 23.6 Å². The Kier molecular flexibility index (Phi) is 5.27. The minimum atomic E-state index is -3.24. The van der Waals surface area contributed by atoms with E-state index in [1.54, 1.807) is 0 Å². The standard InChI is InChI=1S/C9H18N4O2S/c1-2-4-10-5-3-6-16(14,15)13-9-7-11-12-8-9/h7-8,10,13H,2-6H2,1H3,(H,11,12). The molecule has 0 atom stereocenters. The van der Waals surface area contributed by atoms with Gasteiger partial charge in [-0.3, -0.25) is 9.82 Å². The second-order valence-electron chi connectivity index (χ2n) is 3.51. The van der Waals surface area contributed by atoms with Crippen molar-refractivity contribution in [1.82, 2.24) is 15.5 Å². The fourth-order valence-electron chi connectivity index (χ4n) is 1.23. The molecule has 0 aliphatic carbocycles. The van der Waals surface area contributed by atoms with E-state index in [1.807, 2.05) is 0 Å². The van der Waals surface area contributed by atoms with Gasteiger partial charge in [0, 0.05) is 6.20 Å². The van der Waals surface area contributed by atoms with Crippen LogP contribution in [-0.4, -0.2) is 37.5 Å². The molecule has 0 aliphatic rings. The molecule has 0 saturated carbocycles. The molecule has 1 rings (SSSR count). The van der Waals surface area contributed by atoms with Gasteiger partial charge in [0.15, 0.2) is 0 Å². The van der Waals surface area contributed by atoms with E-state index in [0.29, 0.717) is 12.1 Å². The van der Waals surface area contributed by atoms with Gasteiger partial charge in [-0.1, -0.05) is 6.92 Å². The number of anilines is 1. The Bertz CT molecular complexity index is 374. The summed E-state index contributed by atoms with van der Waals surface area (Å²) in [5.41, 5.74) is 0.474. The Morgan fingerprint density at radius 2 is 2.25 bits per heavy atom. The molecule has 6 nitrogen and oxygen atoms in total. The highest BCUT2D eigenvalue weighted by Gasteiger charge is 2.09. The summed E-state index contributed by atoms with van der Waals surface area (Å²) in [7, 11) is -3.24. The average Bonchev–Trinajstić information content (AvgIpc) is 2.69. The molecule has 0 amide bonds. The quantitative estimate of drug-likeness (QED) is 0.584. The number of nitrogens with one attached hydrogen (secondary N) is 3. The second kappa shape index (κ2) is 6.49. The summed E-state index contributed by atoms with van der Waals surface area (Å²) >= 11 is 0. The van der Waals surface area contributed by atoms with Crippen molar-refractivity contribution in [2.45, 2.75) is 19.8 Å². The Balaban J connectivity index is 2.24. The van der Waals surface area contributed by atoms with Crippen LogP contribution in [0.3, 0.4) is 0 Å². The Hall–Kier alpha value is -1.08. The van der Waals surface area contributed by atoms with E-state index in [4.69, 9.17) is 0 Å². The second-order valence-corrected chi connectivity index (χ2v) is 5.35. The number of H-pyrrole nitrogens is 1. The van der Waals surface area contributed by atoms with E-state index in [-0.39, 0.29) is 5.75 Å². The third-order valence-corrected chi connectivity index (χ3v) is 3.34. The van der Waals surface area contributed by atoms with Crippen molar-refractivity contribution in [1.29, 1.82) is 0 Å². The lowest BCUT2D eigenvalue weighted by Gasteiger charge is -2.06. The molecule has 0 radical (unpaired) electrons. The summed E-state index contributed by atoms with van der Waals surface area (Å²) in [6.07, 6.45) is 4.60. The maximum atomic E-state index is 11.6. The summed E-state index contributed by atoms with van der Waals surface area (Å²) in [6.45, 7) is 3.72. The molecule has 16 heavy (non-hydrogen) atoms. The van der Waals surface area contributed by atoms with Gasteiger partial charge in [0.05, 0.1) is 17.6 Å². The van der Waals surface area contributed by atoms with Gasteiger partial charge >= 0.3 is 0 Å². The zero-order valence-corrected chi connectivity index (χ0v) is 10.2. The molecule has 1 aromatic rings. The summed E-state index contributed by atoms with van der Waals surface area (Å²) in [5.74, 6) is 0.120. The van der Waals surface area contributed by atoms with E-state index in [9.17, 15) is 8.42 Å². The van der Waals surface area contributed by atoms with Crippen LogP contribution in [-0.2, 0) is 10.0 Å². The van der Waals surface area contributed by atoms with Crippen molar-refractivity contribution in [3.05, 3.63) is 12.4 Å². The molecule has 0 spiro atoms. The van der Waals surface area contributed by atoms with Gasteiger partial charge in [0.2, 0.25) is 10.0 Å². The number of rotatable bonds is 8. The van der Waals surface area contributed by atoms with Crippen LogP contribution in [0.2, 0.25) is 0 Å². The average molecular weight is 246 g/mol. The van der Waals surface area contributed by atoms with Crippen LogP contribution in [0.15, 0.2) is 12.4 Å². The summed E-state index contributed by atoms with van der Waals surface area (Å²) in [4.78, 5) is 0. The van der Waals surface area contributed by atoms with Gasteiger partial charge in [0.1, 0.15) is 0 Å². The molecule has 1 aromatic heterocycles. The molecule has 92 valence electrons. The van der Waals surface area contributed by atoms with Crippen LogP contribution >= 0.6 is 0 Å². The minimum absolute atomic E-state index is 0.120. The molecule has 0 saturated heterocycles. The van der Waals surface area contributed by atoms with Crippen LogP contribution in [0, 0.1) is 0 Å². The molecule has 7 heteroatoms. The van der Waals surface area contributed by atoms with E-state index < -0.39 is 10.0 Å². The first kappa shape index (κ1) is 13.0. The maximum absolute atomic E-state index is 11.6. The number of hydrogen-bond acceptors (Lipinski definition) is 4. The smallest absolute Gasteiger partial charge is 0.232 e. The number of aromatic nitrogens is 2. The van der Waals surface area contributed by atoms with Crippen LogP contribution in [0.5, 0.6) is 0 Å². The fourth-order valence-corrected chi connectivity index (χ4v) is 2.32. The van der Waals surface area contributed by atoms with Gasteiger partial charge in [-0.05, 0) is 25.9 Å². The van der Waals surface area contributed by atoms with Crippen molar-refractivity contribution in [3.8, 4) is 0 Å². The molecule has 0 aliphatic heterocycles. The maximum Gasteiger partial charge on any atom is 0.232 e. The molecular weight excluding hydrogens is 228 g/mol. The molecule has 3 N–H and O–H groups in total.